The third-order valence-electron chi connectivity index (χ3n) is 5.72. The smallest absolute Gasteiger partial charge is 0.225 e. The lowest BCUT2D eigenvalue weighted by Crippen LogP contribution is -2.44. The highest BCUT2D eigenvalue weighted by atomic mass is 16.5. The minimum Gasteiger partial charge on any atom is -0.490 e. The SMILES string of the molecule is CCC(CC)C(=O)N1CCC(Oc2cccc(CN(C)Cc3ncc[nH]3)c2)CC1. The van der Waals surface area contributed by atoms with Crippen LogP contribution in [0.5, 0.6) is 5.75 Å². The first kappa shape index (κ1) is 21.4. The Bertz CT molecular complexity index is 750. The molecule has 0 unspecified atom stereocenters. The van der Waals surface area contributed by atoms with Gasteiger partial charge in [0, 0.05) is 50.8 Å². The summed E-state index contributed by atoms with van der Waals surface area (Å²) < 4.78 is 6.25. The van der Waals surface area contributed by atoms with Crippen molar-refractivity contribution >= 4 is 5.91 Å². The van der Waals surface area contributed by atoms with Crippen molar-refractivity contribution in [3.05, 3.63) is 48.0 Å². The van der Waals surface area contributed by atoms with Gasteiger partial charge in [0.2, 0.25) is 5.91 Å². The second kappa shape index (κ2) is 10.4. The van der Waals surface area contributed by atoms with Crippen LogP contribution in [-0.4, -0.2) is 51.9 Å². The van der Waals surface area contributed by atoms with E-state index in [1.54, 1.807) is 6.20 Å². The van der Waals surface area contributed by atoms with Crippen molar-refractivity contribution in [2.75, 3.05) is 20.1 Å². The molecule has 0 bridgehead atoms. The first-order chi connectivity index (χ1) is 14.1. The number of ether oxygens (including phenoxy) is 1. The molecule has 1 aliphatic heterocycles. The fourth-order valence-electron chi connectivity index (χ4n) is 4.01. The summed E-state index contributed by atoms with van der Waals surface area (Å²) in [6.07, 6.45) is 7.45. The number of imidazole rings is 1. The summed E-state index contributed by atoms with van der Waals surface area (Å²) in [4.78, 5) is 24.2. The maximum Gasteiger partial charge on any atom is 0.225 e. The van der Waals surface area contributed by atoms with Crippen molar-refractivity contribution in [3.63, 3.8) is 0 Å². The zero-order chi connectivity index (χ0) is 20.6. The van der Waals surface area contributed by atoms with Crippen molar-refractivity contribution in [1.29, 1.82) is 0 Å². The topological polar surface area (TPSA) is 61.5 Å². The Kier molecular flexibility index (Phi) is 7.69. The van der Waals surface area contributed by atoms with E-state index in [2.05, 4.69) is 54.0 Å². The number of hydrogen-bond donors (Lipinski definition) is 1. The summed E-state index contributed by atoms with van der Waals surface area (Å²) in [5.74, 6) is 2.37. The van der Waals surface area contributed by atoms with Gasteiger partial charge in [-0.05, 0) is 37.6 Å². The Morgan fingerprint density at radius 3 is 2.69 bits per heavy atom. The van der Waals surface area contributed by atoms with Crippen molar-refractivity contribution in [2.45, 2.75) is 58.7 Å². The molecule has 2 aromatic rings. The number of amides is 1. The summed E-state index contributed by atoms with van der Waals surface area (Å²) in [6, 6.07) is 8.33. The molecule has 158 valence electrons. The molecule has 1 aliphatic rings. The van der Waals surface area contributed by atoms with E-state index in [-0.39, 0.29) is 12.0 Å². The number of nitrogens with zero attached hydrogens (tertiary/aromatic N) is 3. The van der Waals surface area contributed by atoms with Crippen LogP contribution in [0.25, 0.3) is 0 Å². The Labute approximate surface area is 174 Å². The summed E-state index contributed by atoms with van der Waals surface area (Å²) >= 11 is 0. The van der Waals surface area contributed by atoms with Gasteiger partial charge in [-0.25, -0.2) is 4.98 Å². The van der Waals surface area contributed by atoms with Crippen LogP contribution in [0.2, 0.25) is 0 Å². The van der Waals surface area contributed by atoms with Gasteiger partial charge in [-0.15, -0.1) is 0 Å². The summed E-state index contributed by atoms with van der Waals surface area (Å²) in [6.45, 7) is 7.40. The molecule has 1 N–H and O–H groups in total. The largest absolute Gasteiger partial charge is 0.490 e. The number of H-pyrrole nitrogens is 1. The summed E-state index contributed by atoms with van der Waals surface area (Å²) in [7, 11) is 2.09. The molecule has 1 aromatic heterocycles. The van der Waals surface area contributed by atoms with E-state index < -0.39 is 0 Å². The standard InChI is InChI=1S/C23H34N4O2/c1-4-19(5-2)23(28)27-13-9-20(10-14-27)29-21-8-6-7-18(15-21)16-26(3)17-22-24-11-12-25-22/h6-8,11-12,15,19-20H,4-5,9-10,13-14,16-17H2,1-3H3,(H,24,25). The van der Waals surface area contributed by atoms with Gasteiger partial charge < -0.3 is 14.6 Å². The molecule has 1 saturated heterocycles. The van der Waals surface area contributed by atoms with Crippen molar-refractivity contribution in [1.82, 2.24) is 19.8 Å². The van der Waals surface area contributed by atoms with Crippen LogP contribution in [0.1, 0.15) is 50.9 Å². The molecular formula is C23H34N4O2. The van der Waals surface area contributed by atoms with Crippen LogP contribution in [-0.2, 0) is 17.9 Å². The molecule has 29 heavy (non-hydrogen) atoms. The second-order valence-electron chi connectivity index (χ2n) is 8.01. The van der Waals surface area contributed by atoms with E-state index in [0.717, 1.165) is 63.4 Å². The minimum atomic E-state index is 0.169. The quantitative estimate of drug-likeness (QED) is 0.697. The van der Waals surface area contributed by atoms with Gasteiger partial charge in [-0.2, -0.15) is 0 Å². The van der Waals surface area contributed by atoms with E-state index in [4.69, 9.17) is 4.74 Å². The zero-order valence-corrected chi connectivity index (χ0v) is 17.9. The van der Waals surface area contributed by atoms with Gasteiger partial charge in [-0.1, -0.05) is 26.0 Å². The third kappa shape index (κ3) is 6.07. The van der Waals surface area contributed by atoms with Gasteiger partial charge >= 0.3 is 0 Å². The molecule has 0 atom stereocenters. The van der Waals surface area contributed by atoms with E-state index in [0.29, 0.717) is 5.91 Å². The van der Waals surface area contributed by atoms with Crippen molar-refractivity contribution in [3.8, 4) is 5.75 Å². The molecule has 6 heteroatoms. The number of rotatable bonds is 9. The molecule has 0 saturated carbocycles. The first-order valence-electron chi connectivity index (χ1n) is 10.8. The lowest BCUT2D eigenvalue weighted by atomic mass is 9.99. The Hall–Kier alpha value is -2.34. The molecule has 3 rings (SSSR count). The third-order valence-corrected chi connectivity index (χ3v) is 5.72. The monoisotopic (exact) mass is 398 g/mol. The number of hydrogen-bond acceptors (Lipinski definition) is 4. The number of aromatic amines is 1. The molecule has 0 spiro atoms. The average molecular weight is 399 g/mol. The minimum absolute atomic E-state index is 0.169. The van der Waals surface area contributed by atoms with Gasteiger partial charge in [0.1, 0.15) is 17.7 Å². The lowest BCUT2D eigenvalue weighted by molar-refractivity contribution is -0.137. The lowest BCUT2D eigenvalue weighted by Gasteiger charge is -2.34. The van der Waals surface area contributed by atoms with Gasteiger partial charge in [0.15, 0.2) is 0 Å². The van der Waals surface area contributed by atoms with E-state index in [1.807, 2.05) is 17.2 Å². The fraction of sp³-hybridized carbons (Fsp3) is 0.565. The highest BCUT2D eigenvalue weighted by Gasteiger charge is 2.27. The molecule has 1 aromatic carbocycles. The maximum atomic E-state index is 12.6. The second-order valence-corrected chi connectivity index (χ2v) is 8.01. The Morgan fingerprint density at radius 2 is 2.03 bits per heavy atom. The highest BCUT2D eigenvalue weighted by Crippen LogP contribution is 2.23. The molecule has 1 amide bonds. The predicted molar refractivity (Wildman–Crippen MR) is 115 cm³/mol. The fourth-order valence-corrected chi connectivity index (χ4v) is 4.01. The van der Waals surface area contributed by atoms with Crippen LogP contribution >= 0.6 is 0 Å². The van der Waals surface area contributed by atoms with Crippen LogP contribution in [0, 0.1) is 5.92 Å². The van der Waals surface area contributed by atoms with Crippen LogP contribution < -0.4 is 4.74 Å². The van der Waals surface area contributed by atoms with Gasteiger partial charge in [0.05, 0.1) is 6.54 Å². The number of carbonyl (C=O) groups excluding carboxylic acids is 1. The number of likely N-dealkylation sites (tertiary alicyclic amines) is 1. The molecule has 0 aliphatic carbocycles. The van der Waals surface area contributed by atoms with E-state index in [9.17, 15) is 4.79 Å². The Balaban J connectivity index is 1.49. The van der Waals surface area contributed by atoms with E-state index in [1.165, 1.54) is 5.56 Å². The molecular weight excluding hydrogens is 364 g/mol. The van der Waals surface area contributed by atoms with Crippen LogP contribution in [0.4, 0.5) is 0 Å². The molecule has 1 fully saturated rings. The Morgan fingerprint density at radius 1 is 1.28 bits per heavy atom. The number of nitrogens with one attached hydrogen (secondary N) is 1. The van der Waals surface area contributed by atoms with Crippen LogP contribution in [0.3, 0.4) is 0 Å². The molecule has 0 radical (unpaired) electrons. The predicted octanol–water partition coefficient (Wildman–Crippen LogP) is 3.85. The number of aromatic nitrogens is 2. The number of piperidine rings is 1. The van der Waals surface area contributed by atoms with Gasteiger partial charge in [0.25, 0.3) is 0 Å². The van der Waals surface area contributed by atoms with Crippen molar-refractivity contribution in [2.24, 2.45) is 5.92 Å². The summed E-state index contributed by atoms with van der Waals surface area (Å²) in [5, 5.41) is 0. The van der Waals surface area contributed by atoms with Gasteiger partial charge in [-0.3, -0.25) is 9.69 Å². The summed E-state index contributed by atoms with van der Waals surface area (Å²) in [5.41, 5.74) is 1.22. The first-order valence-corrected chi connectivity index (χ1v) is 10.8. The normalized spacial score (nSPS) is 15.3. The van der Waals surface area contributed by atoms with Crippen molar-refractivity contribution < 1.29 is 9.53 Å². The van der Waals surface area contributed by atoms with E-state index >= 15 is 0 Å². The average Bonchev–Trinajstić information content (AvgIpc) is 3.22. The van der Waals surface area contributed by atoms with Crippen LogP contribution in [0.15, 0.2) is 36.7 Å². The molecule has 6 nitrogen and oxygen atoms in total. The maximum absolute atomic E-state index is 12.6. The number of carbonyl (C=O) groups is 1. The zero-order valence-electron chi connectivity index (χ0n) is 17.9. The number of benzene rings is 1. The highest BCUT2D eigenvalue weighted by molar-refractivity contribution is 5.78. The molecule has 2 heterocycles.